The van der Waals surface area contributed by atoms with Gasteiger partial charge in [-0.1, -0.05) is 13.8 Å². The molecule has 1 heterocycles. The molecule has 0 bridgehead atoms. The highest BCUT2D eigenvalue weighted by atomic mass is 15.1. The first kappa shape index (κ1) is 14.1. The molecule has 1 aromatic rings. The topological polar surface area (TPSA) is 49.8 Å². The summed E-state index contributed by atoms with van der Waals surface area (Å²) in [6, 6.07) is 0. The molecular weight excluding hydrogens is 236 g/mol. The number of rotatable bonds is 6. The van der Waals surface area contributed by atoms with Crippen LogP contribution in [0.4, 0.5) is 11.6 Å². The molecule has 2 N–H and O–H groups in total. The standard InChI is InChI=1S/C15H26N4/c1-6-16-13-11(4)14(19-12(5)18-13)17-9-15(7-8-15)10(2)3/h10H,6-9H2,1-5H3,(H2,16,17,18,19). The Morgan fingerprint density at radius 3 is 2.16 bits per heavy atom. The second kappa shape index (κ2) is 5.35. The summed E-state index contributed by atoms with van der Waals surface area (Å²) in [7, 11) is 0. The molecule has 1 saturated carbocycles. The van der Waals surface area contributed by atoms with Gasteiger partial charge >= 0.3 is 0 Å². The van der Waals surface area contributed by atoms with E-state index in [1.807, 2.05) is 6.92 Å². The Labute approximate surface area is 116 Å². The summed E-state index contributed by atoms with van der Waals surface area (Å²) in [6.07, 6.45) is 2.67. The van der Waals surface area contributed by atoms with Crippen LogP contribution in [0.3, 0.4) is 0 Å². The molecule has 106 valence electrons. The molecule has 4 heteroatoms. The number of aryl methyl sites for hydroxylation is 1. The van der Waals surface area contributed by atoms with E-state index in [4.69, 9.17) is 0 Å². The fourth-order valence-corrected chi connectivity index (χ4v) is 2.52. The van der Waals surface area contributed by atoms with E-state index in [0.29, 0.717) is 5.41 Å². The lowest BCUT2D eigenvalue weighted by atomic mass is 9.92. The molecule has 0 saturated heterocycles. The van der Waals surface area contributed by atoms with Crippen LogP contribution in [0.5, 0.6) is 0 Å². The van der Waals surface area contributed by atoms with Crippen molar-refractivity contribution in [3.8, 4) is 0 Å². The predicted octanol–water partition coefficient (Wildman–Crippen LogP) is 3.37. The molecule has 0 radical (unpaired) electrons. The van der Waals surface area contributed by atoms with Gasteiger partial charge in [0, 0.05) is 18.7 Å². The molecule has 19 heavy (non-hydrogen) atoms. The summed E-state index contributed by atoms with van der Waals surface area (Å²) in [5, 5.41) is 6.85. The first-order valence-corrected chi connectivity index (χ1v) is 7.31. The molecule has 1 aliphatic rings. The first-order valence-electron chi connectivity index (χ1n) is 7.31. The number of aromatic nitrogens is 2. The fourth-order valence-electron chi connectivity index (χ4n) is 2.52. The van der Waals surface area contributed by atoms with E-state index in [1.54, 1.807) is 0 Å². The molecule has 1 fully saturated rings. The highest BCUT2D eigenvalue weighted by Gasteiger charge is 2.45. The van der Waals surface area contributed by atoms with Gasteiger partial charge in [-0.05, 0) is 44.9 Å². The molecule has 0 atom stereocenters. The Morgan fingerprint density at radius 1 is 1.11 bits per heavy atom. The Morgan fingerprint density at radius 2 is 1.68 bits per heavy atom. The van der Waals surface area contributed by atoms with Gasteiger partial charge in [0.05, 0.1) is 0 Å². The van der Waals surface area contributed by atoms with Crippen molar-refractivity contribution in [3.05, 3.63) is 11.4 Å². The minimum Gasteiger partial charge on any atom is -0.370 e. The summed E-state index contributed by atoms with van der Waals surface area (Å²) in [5.74, 6) is 3.48. The molecule has 2 rings (SSSR count). The van der Waals surface area contributed by atoms with Crippen molar-refractivity contribution in [1.82, 2.24) is 9.97 Å². The van der Waals surface area contributed by atoms with Crippen molar-refractivity contribution < 1.29 is 0 Å². The maximum Gasteiger partial charge on any atom is 0.134 e. The van der Waals surface area contributed by atoms with Crippen LogP contribution in [0.2, 0.25) is 0 Å². The van der Waals surface area contributed by atoms with Crippen molar-refractivity contribution in [2.75, 3.05) is 23.7 Å². The van der Waals surface area contributed by atoms with Gasteiger partial charge in [0.1, 0.15) is 17.5 Å². The third kappa shape index (κ3) is 2.99. The van der Waals surface area contributed by atoms with Crippen LogP contribution in [0.15, 0.2) is 0 Å². The first-order chi connectivity index (χ1) is 8.98. The highest BCUT2D eigenvalue weighted by molar-refractivity contribution is 5.57. The van der Waals surface area contributed by atoms with Gasteiger partial charge < -0.3 is 10.6 Å². The molecule has 0 unspecified atom stereocenters. The van der Waals surface area contributed by atoms with Crippen molar-refractivity contribution in [1.29, 1.82) is 0 Å². The Bertz CT molecular complexity index is 450. The van der Waals surface area contributed by atoms with Gasteiger partial charge in [-0.15, -0.1) is 0 Å². The van der Waals surface area contributed by atoms with Crippen molar-refractivity contribution in [2.45, 2.75) is 47.5 Å². The summed E-state index contributed by atoms with van der Waals surface area (Å²) >= 11 is 0. The fraction of sp³-hybridized carbons (Fsp3) is 0.733. The second-order valence-corrected chi connectivity index (χ2v) is 5.99. The molecule has 1 aliphatic carbocycles. The number of nitrogens with one attached hydrogen (secondary N) is 2. The Kier molecular flexibility index (Phi) is 3.97. The minimum absolute atomic E-state index is 0.490. The van der Waals surface area contributed by atoms with Gasteiger partial charge in [0.15, 0.2) is 0 Å². The summed E-state index contributed by atoms with van der Waals surface area (Å²) < 4.78 is 0. The van der Waals surface area contributed by atoms with E-state index in [1.165, 1.54) is 12.8 Å². The Hall–Kier alpha value is -1.32. The highest BCUT2D eigenvalue weighted by Crippen LogP contribution is 2.51. The quantitative estimate of drug-likeness (QED) is 0.825. The van der Waals surface area contributed by atoms with Crippen molar-refractivity contribution >= 4 is 11.6 Å². The zero-order chi connectivity index (χ0) is 14.0. The zero-order valence-electron chi connectivity index (χ0n) is 12.8. The molecule has 0 aliphatic heterocycles. The lowest BCUT2D eigenvalue weighted by Gasteiger charge is -2.21. The van der Waals surface area contributed by atoms with Crippen LogP contribution >= 0.6 is 0 Å². The van der Waals surface area contributed by atoms with E-state index < -0.39 is 0 Å². The lowest BCUT2D eigenvalue weighted by molar-refractivity contribution is 0.379. The number of anilines is 2. The van der Waals surface area contributed by atoms with E-state index in [-0.39, 0.29) is 0 Å². The van der Waals surface area contributed by atoms with Crippen LogP contribution in [0.1, 0.15) is 45.0 Å². The summed E-state index contributed by atoms with van der Waals surface area (Å²) in [5.41, 5.74) is 1.61. The predicted molar refractivity (Wildman–Crippen MR) is 80.7 cm³/mol. The third-order valence-corrected chi connectivity index (χ3v) is 4.33. The third-order valence-electron chi connectivity index (χ3n) is 4.33. The normalized spacial score (nSPS) is 16.5. The molecule has 1 aromatic heterocycles. The average molecular weight is 262 g/mol. The molecule has 0 spiro atoms. The van der Waals surface area contributed by atoms with Crippen LogP contribution in [-0.4, -0.2) is 23.1 Å². The second-order valence-electron chi connectivity index (χ2n) is 5.99. The van der Waals surface area contributed by atoms with Gasteiger partial charge in [-0.25, -0.2) is 9.97 Å². The van der Waals surface area contributed by atoms with Crippen molar-refractivity contribution in [3.63, 3.8) is 0 Å². The molecule has 4 nitrogen and oxygen atoms in total. The maximum atomic E-state index is 4.54. The minimum atomic E-state index is 0.490. The summed E-state index contributed by atoms with van der Waals surface area (Å²) in [6.45, 7) is 12.6. The maximum absolute atomic E-state index is 4.54. The zero-order valence-corrected chi connectivity index (χ0v) is 12.8. The van der Waals surface area contributed by atoms with Gasteiger partial charge in [0.25, 0.3) is 0 Å². The number of nitrogens with zero attached hydrogens (tertiary/aromatic N) is 2. The molecule has 0 aromatic carbocycles. The van der Waals surface area contributed by atoms with Crippen LogP contribution < -0.4 is 10.6 Å². The van der Waals surface area contributed by atoms with E-state index in [2.05, 4.69) is 48.3 Å². The van der Waals surface area contributed by atoms with E-state index >= 15 is 0 Å². The van der Waals surface area contributed by atoms with Gasteiger partial charge in [0.2, 0.25) is 0 Å². The van der Waals surface area contributed by atoms with Crippen LogP contribution in [0.25, 0.3) is 0 Å². The summed E-state index contributed by atoms with van der Waals surface area (Å²) in [4.78, 5) is 9.00. The average Bonchev–Trinajstić information content (AvgIpc) is 3.13. The van der Waals surface area contributed by atoms with Crippen LogP contribution in [-0.2, 0) is 0 Å². The Balaban J connectivity index is 2.12. The van der Waals surface area contributed by atoms with E-state index in [9.17, 15) is 0 Å². The van der Waals surface area contributed by atoms with E-state index in [0.717, 1.165) is 42.0 Å². The number of hydrogen-bond donors (Lipinski definition) is 2. The molecular formula is C15H26N4. The largest absolute Gasteiger partial charge is 0.370 e. The SMILES string of the molecule is CCNc1nc(C)nc(NCC2(C(C)C)CC2)c1C. The van der Waals surface area contributed by atoms with Crippen LogP contribution in [0, 0.1) is 25.2 Å². The monoisotopic (exact) mass is 262 g/mol. The van der Waals surface area contributed by atoms with Gasteiger partial charge in [-0.2, -0.15) is 0 Å². The van der Waals surface area contributed by atoms with Gasteiger partial charge in [-0.3, -0.25) is 0 Å². The molecule has 0 amide bonds. The smallest absolute Gasteiger partial charge is 0.134 e. The lowest BCUT2D eigenvalue weighted by Crippen LogP contribution is -2.22. The number of hydrogen-bond acceptors (Lipinski definition) is 4. The van der Waals surface area contributed by atoms with Crippen molar-refractivity contribution in [2.24, 2.45) is 11.3 Å².